The number of fused-ring (bicyclic) bond motifs is 6. The van der Waals surface area contributed by atoms with Crippen LogP contribution < -0.4 is 4.90 Å². The Bertz CT molecular complexity index is 2020. The van der Waals surface area contributed by atoms with Crippen molar-refractivity contribution in [3.05, 3.63) is 132 Å². The number of anilines is 3. The zero-order valence-corrected chi connectivity index (χ0v) is 21.8. The van der Waals surface area contributed by atoms with Crippen LogP contribution in [0.1, 0.15) is 25.0 Å². The molecule has 39 heavy (non-hydrogen) atoms. The Hall–Kier alpha value is -4.96. The van der Waals surface area contributed by atoms with Gasteiger partial charge < -0.3 is 4.90 Å². The summed E-state index contributed by atoms with van der Waals surface area (Å²) in [6, 6.07) is 43.0. The molecule has 8 rings (SSSR count). The summed E-state index contributed by atoms with van der Waals surface area (Å²) in [5, 5.41) is 14.4. The van der Waals surface area contributed by atoms with E-state index in [0.29, 0.717) is 0 Å². The van der Waals surface area contributed by atoms with Crippen LogP contribution in [0.2, 0.25) is 0 Å². The topological polar surface area (TPSA) is 34.0 Å². The number of hydrogen-bond donors (Lipinski definition) is 0. The van der Waals surface area contributed by atoms with Crippen LogP contribution in [-0.4, -0.2) is 15.0 Å². The maximum Gasteiger partial charge on any atom is 0.121 e. The lowest BCUT2D eigenvalue weighted by Gasteiger charge is -2.42. The zero-order valence-electron chi connectivity index (χ0n) is 21.8. The van der Waals surface area contributed by atoms with Crippen LogP contribution in [0.15, 0.2) is 121 Å². The SMILES string of the molecule is CC1(C)c2ccccc2N(c2ccc(-n3nc4ccc5ccccc5c4n3)c3ccccc23)c2ccccc21. The van der Waals surface area contributed by atoms with Crippen molar-refractivity contribution < 1.29 is 0 Å². The van der Waals surface area contributed by atoms with Crippen LogP contribution >= 0.6 is 0 Å². The second kappa shape index (κ2) is 8.02. The van der Waals surface area contributed by atoms with Gasteiger partial charge in [-0.25, -0.2) is 0 Å². The zero-order chi connectivity index (χ0) is 26.1. The molecule has 0 spiro atoms. The van der Waals surface area contributed by atoms with Gasteiger partial charge in [0.25, 0.3) is 0 Å². The van der Waals surface area contributed by atoms with Crippen molar-refractivity contribution in [3.8, 4) is 5.69 Å². The highest BCUT2D eigenvalue weighted by atomic mass is 15.5. The highest BCUT2D eigenvalue weighted by Gasteiger charge is 2.36. The van der Waals surface area contributed by atoms with E-state index in [1.54, 1.807) is 4.80 Å². The molecule has 0 unspecified atom stereocenters. The molecule has 6 aromatic carbocycles. The van der Waals surface area contributed by atoms with Crippen molar-refractivity contribution in [2.75, 3.05) is 4.90 Å². The van der Waals surface area contributed by atoms with Gasteiger partial charge in [0.05, 0.1) is 22.7 Å². The molecule has 4 heteroatoms. The molecule has 4 nitrogen and oxygen atoms in total. The molecule has 0 bridgehead atoms. The first-order chi connectivity index (χ1) is 19.1. The number of benzene rings is 6. The summed E-state index contributed by atoms with van der Waals surface area (Å²) < 4.78 is 0. The fourth-order valence-corrected chi connectivity index (χ4v) is 6.32. The smallest absolute Gasteiger partial charge is 0.121 e. The van der Waals surface area contributed by atoms with Gasteiger partial charge >= 0.3 is 0 Å². The van der Waals surface area contributed by atoms with Crippen LogP contribution in [0.25, 0.3) is 38.3 Å². The van der Waals surface area contributed by atoms with E-state index in [4.69, 9.17) is 10.2 Å². The van der Waals surface area contributed by atoms with Gasteiger partial charge in [0.1, 0.15) is 11.0 Å². The molecule has 0 saturated heterocycles. The summed E-state index contributed by atoms with van der Waals surface area (Å²) in [4.78, 5) is 4.22. The van der Waals surface area contributed by atoms with Gasteiger partial charge in [-0.3, -0.25) is 0 Å². The number of nitrogens with zero attached hydrogens (tertiary/aromatic N) is 4. The van der Waals surface area contributed by atoms with E-state index >= 15 is 0 Å². The molecule has 2 heterocycles. The first kappa shape index (κ1) is 22.1. The molecule has 0 aliphatic carbocycles. The van der Waals surface area contributed by atoms with Crippen molar-refractivity contribution in [1.82, 2.24) is 15.0 Å². The molecule has 1 aliphatic heterocycles. The number of para-hydroxylation sites is 2. The van der Waals surface area contributed by atoms with Crippen LogP contribution in [0.3, 0.4) is 0 Å². The lowest BCUT2D eigenvalue weighted by Crippen LogP contribution is -2.30. The van der Waals surface area contributed by atoms with Crippen LogP contribution in [0.5, 0.6) is 0 Å². The monoisotopic (exact) mass is 502 g/mol. The Kier molecular flexibility index (Phi) is 4.54. The van der Waals surface area contributed by atoms with Gasteiger partial charge in [0, 0.05) is 21.6 Å². The Morgan fingerprint density at radius 2 is 1.05 bits per heavy atom. The van der Waals surface area contributed by atoms with Crippen molar-refractivity contribution in [2.45, 2.75) is 19.3 Å². The lowest BCUT2D eigenvalue weighted by molar-refractivity contribution is 0.632. The maximum atomic E-state index is 4.99. The molecule has 0 amide bonds. The largest absolute Gasteiger partial charge is 0.309 e. The molecule has 186 valence electrons. The van der Waals surface area contributed by atoms with Gasteiger partial charge in [0.15, 0.2) is 0 Å². The number of hydrogen-bond acceptors (Lipinski definition) is 3. The minimum atomic E-state index is -0.0959. The number of rotatable bonds is 2. The molecular weight excluding hydrogens is 476 g/mol. The van der Waals surface area contributed by atoms with Gasteiger partial charge in [-0.1, -0.05) is 105 Å². The van der Waals surface area contributed by atoms with Gasteiger partial charge in [-0.15, -0.1) is 15.0 Å². The molecular formula is C35H26N4. The summed E-state index contributed by atoms with van der Waals surface area (Å²) in [6.07, 6.45) is 0. The molecule has 7 aromatic rings. The lowest BCUT2D eigenvalue weighted by atomic mass is 9.73. The van der Waals surface area contributed by atoms with Crippen molar-refractivity contribution in [2.24, 2.45) is 0 Å². The molecule has 0 fully saturated rings. The van der Waals surface area contributed by atoms with E-state index < -0.39 is 0 Å². The number of aromatic nitrogens is 3. The van der Waals surface area contributed by atoms with E-state index in [9.17, 15) is 0 Å². The molecule has 0 radical (unpaired) electrons. The predicted molar refractivity (Wildman–Crippen MR) is 161 cm³/mol. The van der Waals surface area contributed by atoms with Crippen LogP contribution in [0.4, 0.5) is 17.1 Å². The van der Waals surface area contributed by atoms with E-state index in [1.807, 2.05) is 0 Å². The van der Waals surface area contributed by atoms with Crippen LogP contribution in [0, 0.1) is 0 Å². The predicted octanol–water partition coefficient (Wildman–Crippen LogP) is 8.84. The normalized spacial score (nSPS) is 14.1. The Labute approximate surface area is 226 Å². The third-order valence-electron chi connectivity index (χ3n) is 8.25. The minimum Gasteiger partial charge on any atom is -0.309 e. The standard InChI is InChI=1S/C35H26N4/c1-35(2)27-15-7-9-17-32(27)38(33-18-10-8-16-28(33)35)30-21-22-31(26-14-6-5-13-25(26)30)39-36-29-20-19-23-11-3-4-12-24(23)34(29)37-39/h3-22H,1-2H3. The van der Waals surface area contributed by atoms with Gasteiger partial charge in [-0.05, 0) is 46.8 Å². The van der Waals surface area contributed by atoms with Crippen LogP contribution in [-0.2, 0) is 5.41 Å². The van der Waals surface area contributed by atoms with Crippen molar-refractivity contribution in [1.29, 1.82) is 0 Å². The van der Waals surface area contributed by atoms with E-state index in [-0.39, 0.29) is 5.41 Å². The van der Waals surface area contributed by atoms with Crippen molar-refractivity contribution in [3.63, 3.8) is 0 Å². The second-order valence-corrected chi connectivity index (χ2v) is 10.8. The maximum absolute atomic E-state index is 4.99. The fourth-order valence-electron chi connectivity index (χ4n) is 6.32. The molecule has 0 N–H and O–H groups in total. The highest BCUT2D eigenvalue weighted by molar-refractivity contribution is 6.06. The molecule has 0 atom stereocenters. The van der Waals surface area contributed by atoms with Crippen molar-refractivity contribution >= 4 is 49.6 Å². The Balaban J connectivity index is 1.38. The third-order valence-corrected chi connectivity index (χ3v) is 8.25. The summed E-state index contributed by atoms with van der Waals surface area (Å²) >= 11 is 0. The second-order valence-electron chi connectivity index (χ2n) is 10.8. The minimum absolute atomic E-state index is 0.0959. The van der Waals surface area contributed by atoms with E-state index in [0.717, 1.165) is 38.6 Å². The average molecular weight is 503 g/mol. The first-order valence-corrected chi connectivity index (χ1v) is 13.4. The molecule has 1 aromatic heterocycles. The summed E-state index contributed by atoms with van der Waals surface area (Å²) in [6.45, 7) is 4.64. The first-order valence-electron chi connectivity index (χ1n) is 13.4. The van der Waals surface area contributed by atoms with E-state index in [1.165, 1.54) is 27.9 Å². The highest BCUT2D eigenvalue weighted by Crippen LogP contribution is 2.52. The summed E-state index contributed by atoms with van der Waals surface area (Å²) in [7, 11) is 0. The average Bonchev–Trinajstić information content (AvgIpc) is 3.42. The summed E-state index contributed by atoms with van der Waals surface area (Å²) in [5.41, 5.74) is 8.90. The third kappa shape index (κ3) is 3.12. The van der Waals surface area contributed by atoms with Gasteiger partial charge in [0.2, 0.25) is 0 Å². The molecule has 0 saturated carbocycles. The Morgan fingerprint density at radius 1 is 0.487 bits per heavy atom. The Morgan fingerprint density at radius 3 is 1.77 bits per heavy atom. The van der Waals surface area contributed by atoms with E-state index in [2.05, 4.69) is 140 Å². The summed E-state index contributed by atoms with van der Waals surface area (Å²) in [5.74, 6) is 0. The quantitative estimate of drug-likeness (QED) is 0.237. The molecule has 1 aliphatic rings. The van der Waals surface area contributed by atoms with Gasteiger partial charge in [-0.2, -0.15) is 0 Å². The fraction of sp³-hybridized carbons (Fsp3) is 0.0857.